The molecular formula is C26H33N2O3+. The number of carbonyl (C=O) groups excluding carboxylic acids is 1. The lowest BCUT2D eigenvalue weighted by atomic mass is 9.83. The number of quaternary nitrogens is 1. The van der Waals surface area contributed by atoms with Crippen LogP contribution >= 0.6 is 0 Å². The summed E-state index contributed by atoms with van der Waals surface area (Å²) < 4.78 is 11.4. The normalized spacial score (nSPS) is 20.3. The topological polar surface area (TPSA) is 43.2 Å². The second-order valence-electron chi connectivity index (χ2n) is 9.15. The molecule has 0 unspecified atom stereocenters. The minimum Gasteiger partial charge on any atom is -0.486 e. The van der Waals surface area contributed by atoms with Crippen molar-refractivity contribution >= 4 is 5.91 Å². The van der Waals surface area contributed by atoms with Gasteiger partial charge in [0.15, 0.2) is 11.5 Å². The van der Waals surface area contributed by atoms with Crippen LogP contribution in [0.3, 0.4) is 0 Å². The molecule has 5 heteroatoms. The van der Waals surface area contributed by atoms with Gasteiger partial charge in [0.2, 0.25) is 5.91 Å². The van der Waals surface area contributed by atoms with Gasteiger partial charge in [0, 0.05) is 25.3 Å². The van der Waals surface area contributed by atoms with E-state index in [-0.39, 0.29) is 5.92 Å². The molecule has 0 bridgehead atoms. The van der Waals surface area contributed by atoms with Gasteiger partial charge in [-0.1, -0.05) is 30.3 Å². The zero-order valence-electron chi connectivity index (χ0n) is 18.3. The van der Waals surface area contributed by atoms with Gasteiger partial charge in [-0.15, -0.1) is 0 Å². The fourth-order valence-electron chi connectivity index (χ4n) is 5.26. The number of nitrogens with one attached hydrogen (secondary N) is 1. The molecule has 0 spiro atoms. The Balaban J connectivity index is 1.31. The summed E-state index contributed by atoms with van der Waals surface area (Å²) in [5, 5.41) is 0. The molecule has 0 saturated carbocycles. The monoisotopic (exact) mass is 421 g/mol. The zero-order valence-corrected chi connectivity index (χ0v) is 18.3. The van der Waals surface area contributed by atoms with Crippen molar-refractivity contribution in [1.29, 1.82) is 0 Å². The van der Waals surface area contributed by atoms with E-state index in [1.807, 2.05) is 12.1 Å². The van der Waals surface area contributed by atoms with Crippen LogP contribution in [0.4, 0.5) is 0 Å². The number of ether oxygens (including phenoxy) is 2. The Morgan fingerprint density at radius 3 is 2.61 bits per heavy atom. The lowest BCUT2D eigenvalue weighted by Gasteiger charge is -2.31. The quantitative estimate of drug-likeness (QED) is 0.778. The third kappa shape index (κ3) is 4.72. The molecule has 1 aliphatic carbocycles. The van der Waals surface area contributed by atoms with Crippen molar-refractivity contribution in [2.24, 2.45) is 5.92 Å². The number of hydrogen-bond acceptors (Lipinski definition) is 3. The Bertz CT molecular complexity index is 923. The average Bonchev–Trinajstić information content (AvgIpc) is 3.34. The van der Waals surface area contributed by atoms with E-state index in [1.165, 1.54) is 37.1 Å². The molecule has 0 radical (unpaired) electrons. The summed E-state index contributed by atoms with van der Waals surface area (Å²) in [6.07, 6.45) is 5.44. The van der Waals surface area contributed by atoms with E-state index in [9.17, 15) is 4.79 Å². The summed E-state index contributed by atoms with van der Waals surface area (Å²) in [5.74, 6) is 2.00. The van der Waals surface area contributed by atoms with Crippen LogP contribution in [-0.2, 0) is 24.2 Å². The summed E-state index contributed by atoms with van der Waals surface area (Å²) in [4.78, 5) is 17.4. The molecule has 1 N–H and O–H groups in total. The molecule has 2 aliphatic heterocycles. The van der Waals surface area contributed by atoms with Gasteiger partial charge in [-0.2, -0.15) is 0 Å². The predicted octanol–water partition coefficient (Wildman–Crippen LogP) is 2.27. The molecule has 5 nitrogen and oxygen atoms in total. The van der Waals surface area contributed by atoms with Crippen LogP contribution in [0.2, 0.25) is 0 Å². The van der Waals surface area contributed by atoms with E-state index in [4.69, 9.17) is 9.47 Å². The first kappa shape index (κ1) is 20.4. The van der Waals surface area contributed by atoms with Gasteiger partial charge in [-0.25, -0.2) is 0 Å². The van der Waals surface area contributed by atoms with Crippen LogP contribution < -0.4 is 14.4 Å². The van der Waals surface area contributed by atoms with Crippen LogP contribution in [-0.4, -0.2) is 50.2 Å². The number of benzene rings is 2. The Hall–Kier alpha value is -2.53. The first-order valence-corrected chi connectivity index (χ1v) is 11.8. The molecule has 164 valence electrons. The Kier molecular flexibility index (Phi) is 6.12. The van der Waals surface area contributed by atoms with Crippen LogP contribution in [0.5, 0.6) is 11.5 Å². The Labute approximate surface area is 184 Å². The van der Waals surface area contributed by atoms with Crippen molar-refractivity contribution in [3.63, 3.8) is 0 Å². The van der Waals surface area contributed by atoms with Crippen molar-refractivity contribution in [3.8, 4) is 11.5 Å². The van der Waals surface area contributed by atoms with Crippen molar-refractivity contribution in [3.05, 3.63) is 59.2 Å². The van der Waals surface area contributed by atoms with Crippen molar-refractivity contribution < 1.29 is 19.2 Å². The van der Waals surface area contributed by atoms with Crippen molar-refractivity contribution in [2.45, 2.75) is 38.6 Å². The van der Waals surface area contributed by atoms with Gasteiger partial charge < -0.3 is 19.3 Å². The van der Waals surface area contributed by atoms with Crippen LogP contribution in [0.25, 0.3) is 0 Å². The zero-order chi connectivity index (χ0) is 21.0. The number of fused-ring (bicyclic) bond motifs is 2. The summed E-state index contributed by atoms with van der Waals surface area (Å²) in [6.45, 7) is 6.16. The molecule has 1 atom stereocenters. The van der Waals surface area contributed by atoms with E-state index >= 15 is 0 Å². The van der Waals surface area contributed by atoms with E-state index in [1.54, 1.807) is 4.90 Å². The van der Waals surface area contributed by atoms with E-state index in [0.717, 1.165) is 49.4 Å². The minimum atomic E-state index is 0.0840. The molecule has 2 heterocycles. The van der Waals surface area contributed by atoms with Crippen LogP contribution in [0.15, 0.2) is 42.5 Å². The van der Waals surface area contributed by atoms with Crippen molar-refractivity contribution in [2.75, 3.05) is 39.4 Å². The second-order valence-corrected chi connectivity index (χ2v) is 9.15. The molecule has 2 aromatic carbocycles. The molecule has 3 aliphatic rings. The number of nitrogens with zero attached hydrogens (tertiary/aromatic N) is 1. The molecule has 31 heavy (non-hydrogen) atoms. The highest BCUT2D eigenvalue weighted by molar-refractivity contribution is 5.79. The number of hydrogen-bond donors (Lipinski definition) is 1. The maximum absolute atomic E-state index is 13.7. The fraction of sp³-hybridized carbons (Fsp3) is 0.500. The maximum atomic E-state index is 13.7. The highest BCUT2D eigenvalue weighted by atomic mass is 16.6. The maximum Gasteiger partial charge on any atom is 0.226 e. The van der Waals surface area contributed by atoms with Crippen LogP contribution in [0, 0.1) is 5.92 Å². The number of likely N-dealkylation sites (tertiary alicyclic amines) is 1. The molecule has 2 aromatic rings. The van der Waals surface area contributed by atoms with E-state index < -0.39 is 0 Å². The number of aryl methyl sites for hydroxylation is 1. The molecule has 1 amide bonds. The molecule has 1 fully saturated rings. The number of amides is 1. The summed E-state index contributed by atoms with van der Waals surface area (Å²) in [5.41, 5.74) is 3.87. The molecule has 5 rings (SSSR count). The highest BCUT2D eigenvalue weighted by Crippen LogP contribution is 2.32. The van der Waals surface area contributed by atoms with Gasteiger partial charge in [-0.3, -0.25) is 4.79 Å². The van der Waals surface area contributed by atoms with Gasteiger partial charge in [-0.05, 0) is 48.1 Å². The second kappa shape index (κ2) is 9.31. The summed E-state index contributed by atoms with van der Waals surface area (Å²) >= 11 is 0. The van der Waals surface area contributed by atoms with Gasteiger partial charge in [0.25, 0.3) is 0 Å². The van der Waals surface area contributed by atoms with Crippen LogP contribution in [0.1, 0.15) is 36.0 Å². The van der Waals surface area contributed by atoms with Gasteiger partial charge in [0.05, 0.1) is 26.2 Å². The fourth-order valence-corrected chi connectivity index (χ4v) is 5.26. The van der Waals surface area contributed by atoms with E-state index in [2.05, 4.69) is 35.2 Å². The predicted molar refractivity (Wildman–Crippen MR) is 120 cm³/mol. The smallest absolute Gasteiger partial charge is 0.226 e. The molecular weight excluding hydrogens is 388 g/mol. The number of carbonyl (C=O) groups is 1. The average molecular weight is 422 g/mol. The Morgan fingerprint density at radius 1 is 1.00 bits per heavy atom. The molecule has 0 aromatic heterocycles. The lowest BCUT2D eigenvalue weighted by Crippen LogP contribution is -3.10. The third-order valence-electron chi connectivity index (χ3n) is 7.03. The lowest BCUT2D eigenvalue weighted by molar-refractivity contribution is -0.886. The first-order chi connectivity index (χ1) is 15.3. The highest BCUT2D eigenvalue weighted by Gasteiger charge is 2.29. The van der Waals surface area contributed by atoms with Gasteiger partial charge >= 0.3 is 0 Å². The van der Waals surface area contributed by atoms with E-state index in [0.29, 0.717) is 25.7 Å². The SMILES string of the molecule is O=C([C@@H]1CCc2ccccc2C1)N(CC[NH+]1CCCC1)Cc1ccc2c(c1)OCCO2. The summed E-state index contributed by atoms with van der Waals surface area (Å²) in [7, 11) is 0. The third-order valence-corrected chi connectivity index (χ3v) is 7.03. The number of rotatable bonds is 6. The minimum absolute atomic E-state index is 0.0840. The first-order valence-electron chi connectivity index (χ1n) is 11.8. The Morgan fingerprint density at radius 2 is 1.77 bits per heavy atom. The largest absolute Gasteiger partial charge is 0.486 e. The molecule has 1 saturated heterocycles. The van der Waals surface area contributed by atoms with Crippen molar-refractivity contribution in [1.82, 2.24) is 4.90 Å². The van der Waals surface area contributed by atoms with Gasteiger partial charge in [0.1, 0.15) is 13.2 Å². The standard InChI is InChI=1S/C26H32N2O3/c29-26(23-9-8-21-5-1-2-6-22(21)18-23)28(14-13-27-11-3-4-12-27)19-20-7-10-24-25(17-20)31-16-15-30-24/h1-2,5-7,10,17,23H,3-4,8-9,11-16,18-19H2/p+1/t23-/m1/s1. The summed E-state index contributed by atoms with van der Waals surface area (Å²) in [6, 6.07) is 14.7.